The minimum Gasteiger partial charge on any atom is -0.481 e. The first-order valence-corrected chi connectivity index (χ1v) is 9.06. The molecular formula is C16H19N2O4P. The van der Waals surface area contributed by atoms with Gasteiger partial charge in [-0.25, -0.2) is 5.09 Å². The summed E-state index contributed by atoms with van der Waals surface area (Å²) in [4.78, 5) is 25.0. The van der Waals surface area contributed by atoms with Crippen LogP contribution in [0.4, 0.5) is 0 Å². The Bertz CT molecular complexity index is 679. The quantitative estimate of drug-likeness (QED) is 0.642. The second-order valence-corrected chi connectivity index (χ2v) is 7.22. The van der Waals surface area contributed by atoms with Gasteiger partial charge in [0.15, 0.2) is 0 Å². The van der Waals surface area contributed by atoms with Crippen LogP contribution in [0.2, 0.25) is 0 Å². The summed E-state index contributed by atoms with van der Waals surface area (Å²) in [5.41, 5.74) is 1.44. The van der Waals surface area contributed by atoms with E-state index in [-0.39, 0.29) is 19.0 Å². The lowest BCUT2D eigenvalue weighted by atomic mass is 10.1. The highest BCUT2D eigenvalue weighted by Crippen LogP contribution is 2.43. The number of nitrogens with one attached hydrogen (secondary N) is 1. The summed E-state index contributed by atoms with van der Waals surface area (Å²) in [5.74, 6) is -0.948. The van der Waals surface area contributed by atoms with Gasteiger partial charge in [-0.15, -0.1) is 0 Å². The lowest BCUT2D eigenvalue weighted by molar-refractivity contribution is -0.137. The van der Waals surface area contributed by atoms with E-state index in [9.17, 15) is 14.3 Å². The molecule has 23 heavy (non-hydrogen) atoms. The maximum atomic E-state index is 12.5. The topological polar surface area (TPSA) is 99.5 Å². The van der Waals surface area contributed by atoms with E-state index < -0.39 is 19.5 Å². The van der Waals surface area contributed by atoms with E-state index in [0.29, 0.717) is 5.56 Å². The molecule has 1 heterocycles. The molecule has 7 heteroatoms. The van der Waals surface area contributed by atoms with Crippen molar-refractivity contribution in [1.29, 1.82) is 0 Å². The molecule has 0 aliphatic heterocycles. The van der Waals surface area contributed by atoms with Crippen molar-refractivity contribution in [3.63, 3.8) is 0 Å². The SMILES string of the molecule is O=C(O)CCC(NP(=O)(O)Cc1ccccc1)c1cccnc1. The summed E-state index contributed by atoms with van der Waals surface area (Å²) < 4.78 is 12.5. The normalized spacial score (nSPS) is 14.8. The van der Waals surface area contributed by atoms with E-state index in [4.69, 9.17) is 5.11 Å². The summed E-state index contributed by atoms with van der Waals surface area (Å²) >= 11 is 0. The van der Waals surface area contributed by atoms with Crippen LogP contribution in [0.15, 0.2) is 54.9 Å². The van der Waals surface area contributed by atoms with Crippen molar-refractivity contribution in [2.75, 3.05) is 0 Å². The third-order valence-corrected chi connectivity index (χ3v) is 4.84. The number of aromatic nitrogens is 1. The molecule has 0 radical (unpaired) electrons. The van der Waals surface area contributed by atoms with Gasteiger partial charge in [-0.2, -0.15) is 0 Å². The lowest BCUT2D eigenvalue weighted by Gasteiger charge is -2.22. The monoisotopic (exact) mass is 334 g/mol. The Morgan fingerprint density at radius 3 is 2.57 bits per heavy atom. The molecule has 3 N–H and O–H groups in total. The zero-order valence-electron chi connectivity index (χ0n) is 12.5. The minimum atomic E-state index is -3.67. The van der Waals surface area contributed by atoms with Crippen molar-refractivity contribution in [2.45, 2.75) is 25.0 Å². The number of hydrogen-bond donors (Lipinski definition) is 3. The molecular weight excluding hydrogens is 315 g/mol. The standard InChI is InChI=1S/C16H19N2O4P/c19-16(20)9-8-15(14-7-4-10-17-11-14)18-23(21,22)12-13-5-2-1-3-6-13/h1-7,10-11,15H,8-9,12H2,(H,19,20)(H2,18,21,22). The number of hydrogen-bond acceptors (Lipinski definition) is 3. The van der Waals surface area contributed by atoms with E-state index in [1.807, 2.05) is 6.07 Å². The molecule has 6 nitrogen and oxygen atoms in total. The number of rotatable bonds is 8. The van der Waals surface area contributed by atoms with Crippen molar-refractivity contribution in [3.8, 4) is 0 Å². The predicted molar refractivity (Wildman–Crippen MR) is 87.0 cm³/mol. The fourth-order valence-corrected chi connectivity index (χ4v) is 3.84. The van der Waals surface area contributed by atoms with Gasteiger partial charge in [-0.3, -0.25) is 14.3 Å². The van der Waals surface area contributed by atoms with Gasteiger partial charge in [0.1, 0.15) is 0 Å². The Morgan fingerprint density at radius 2 is 1.96 bits per heavy atom. The van der Waals surface area contributed by atoms with Crippen molar-refractivity contribution in [2.24, 2.45) is 0 Å². The highest BCUT2D eigenvalue weighted by molar-refractivity contribution is 7.55. The Labute approximate surface area is 134 Å². The van der Waals surface area contributed by atoms with Gasteiger partial charge in [0.25, 0.3) is 7.52 Å². The lowest BCUT2D eigenvalue weighted by Crippen LogP contribution is -2.20. The molecule has 0 aliphatic carbocycles. The smallest absolute Gasteiger partial charge is 0.303 e. The summed E-state index contributed by atoms with van der Waals surface area (Å²) in [6, 6.07) is 11.9. The zero-order chi connectivity index (χ0) is 16.7. The number of pyridine rings is 1. The van der Waals surface area contributed by atoms with Crippen LogP contribution in [-0.2, 0) is 15.5 Å². The van der Waals surface area contributed by atoms with Gasteiger partial charge in [0, 0.05) is 24.9 Å². The van der Waals surface area contributed by atoms with Crippen molar-refractivity contribution >= 4 is 13.5 Å². The number of carbonyl (C=O) groups is 1. The summed E-state index contributed by atoms with van der Waals surface area (Å²) in [5, 5.41) is 11.6. The Balaban J connectivity index is 2.12. The Hall–Kier alpha value is -2.01. The molecule has 2 rings (SSSR count). The third kappa shape index (κ3) is 5.94. The molecule has 0 aliphatic rings. The number of carboxylic acids is 1. The number of carboxylic acid groups (broad SMARTS) is 1. The molecule has 0 fully saturated rings. The van der Waals surface area contributed by atoms with E-state index >= 15 is 0 Å². The van der Waals surface area contributed by atoms with Gasteiger partial charge in [-0.1, -0.05) is 36.4 Å². The van der Waals surface area contributed by atoms with Crippen LogP contribution in [0.25, 0.3) is 0 Å². The van der Waals surface area contributed by atoms with Gasteiger partial charge >= 0.3 is 5.97 Å². The molecule has 0 amide bonds. The first-order chi connectivity index (χ1) is 11.0. The van der Waals surface area contributed by atoms with Gasteiger partial charge < -0.3 is 10.00 Å². The Morgan fingerprint density at radius 1 is 1.22 bits per heavy atom. The van der Waals surface area contributed by atoms with Gasteiger partial charge in [0.05, 0.1) is 6.16 Å². The highest BCUT2D eigenvalue weighted by Gasteiger charge is 2.25. The average molecular weight is 334 g/mol. The second kappa shape index (κ2) is 8.02. The maximum Gasteiger partial charge on any atom is 0.303 e. The van der Waals surface area contributed by atoms with Crippen LogP contribution < -0.4 is 5.09 Å². The average Bonchev–Trinajstić information content (AvgIpc) is 2.52. The minimum absolute atomic E-state index is 0.0162. The summed E-state index contributed by atoms with van der Waals surface area (Å²) in [6.07, 6.45) is 3.26. The van der Waals surface area contributed by atoms with Crippen LogP contribution in [0.1, 0.15) is 30.0 Å². The first-order valence-electron chi connectivity index (χ1n) is 7.21. The van der Waals surface area contributed by atoms with Crippen LogP contribution in [0.3, 0.4) is 0 Å². The van der Waals surface area contributed by atoms with Crippen molar-refractivity contribution in [1.82, 2.24) is 10.1 Å². The molecule has 2 unspecified atom stereocenters. The summed E-state index contributed by atoms with van der Waals surface area (Å²) in [6.45, 7) is 0. The number of aliphatic carboxylic acids is 1. The molecule has 0 bridgehead atoms. The zero-order valence-corrected chi connectivity index (χ0v) is 13.4. The molecule has 0 saturated heterocycles. The highest BCUT2D eigenvalue weighted by atomic mass is 31.2. The first kappa shape index (κ1) is 17.3. The molecule has 0 spiro atoms. The molecule has 1 aromatic carbocycles. The van der Waals surface area contributed by atoms with Crippen LogP contribution in [0, 0.1) is 0 Å². The fraction of sp³-hybridized carbons (Fsp3) is 0.250. The van der Waals surface area contributed by atoms with Crippen LogP contribution >= 0.6 is 7.52 Å². The van der Waals surface area contributed by atoms with Gasteiger partial charge in [-0.05, 0) is 23.6 Å². The molecule has 122 valence electrons. The van der Waals surface area contributed by atoms with Crippen molar-refractivity contribution in [3.05, 3.63) is 66.0 Å². The molecule has 1 aromatic heterocycles. The number of benzene rings is 1. The molecule has 2 aromatic rings. The van der Waals surface area contributed by atoms with Gasteiger partial charge in [0.2, 0.25) is 0 Å². The predicted octanol–water partition coefficient (Wildman–Crippen LogP) is 2.96. The van der Waals surface area contributed by atoms with E-state index in [1.54, 1.807) is 48.8 Å². The van der Waals surface area contributed by atoms with E-state index in [0.717, 1.165) is 5.56 Å². The summed E-state index contributed by atoms with van der Waals surface area (Å²) in [7, 11) is -3.67. The second-order valence-electron chi connectivity index (χ2n) is 5.25. The van der Waals surface area contributed by atoms with Crippen molar-refractivity contribution < 1.29 is 19.4 Å². The Kier molecular flexibility index (Phi) is 6.04. The van der Waals surface area contributed by atoms with Crippen LogP contribution in [0.5, 0.6) is 0 Å². The molecule has 0 saturated carbocycles. The maximum absolute atomic E-state index is 12.5. The number of nitrogens with zero attached hydrogens (tertiary/aromatic N) is 1. The molecule has 2 atom stereocenters. The van der Waals surface area contributed by atoms with E-state index in [2.05, 4.69) is 10.1 Å². The van der Waals surface area contributed by atoms with E-state index in [1.165, 1.54) is 0 Å². The van der Waals surface area contributed by atoms with Crippen LogP contribution in [-0.4, -0.2) is 21.0 Å². The largest absolute Gasteiger partial charge is 0.481 e. The fourth-order valence-electron chi connectivity index (χ4n) is 2.28. The third-order valence-electron chi connectivity index (χ3n) is 3.33.